The van der Waals surface area contributed by atoms with Gasteiger partial charge in [-0.25, -0.2) is 0 Å². The summed E-state index contributed by atoms with van der Waals surface area (Å²) < 4.78 is 0.735. The van der Waals surface area contributed by atoms with Crippen molar-refractivity contribution in [1.82, 2.24) is 5.32 Å². The maximum absolute atomic E-state index is 9.96. The molecule has 0 aliphatic heterocycles. The monoisotopic (exact) mass is 333 g/mol. The Balaban J connectivity index is 1.97. The number of hydrogen-bond acceptors (Lipinski definition) is 2. The van der Waals surface area contributed by atoms with Crippen molar-refractivity contribution < 1.29 is 5.11 Å². The van der Waals surface area contributed by atoms with Crippen molar-refractivity contribution in [2.45, 2.75) is 25.8 Å². The summed E-state index contributed by atoms with van der Waals surface area (Å²) in [6, 6.07) is 16.2. The van der Waals surface area contributed by atoms with Crippen LogP contribution in [0.2, 0.25) is 0 Å². The standard InChI is InChI=1S/C17H20BrNO/c1-17(2,14-8-4-3-5-9-14)12-19-11-13-7-6-10-15(18)16(13)20/h3-10,19-20H,11-12H2,1-2H3. The van der Waals surface area contributed by atoms with Crippen LogP contribution in [0.1, 0.15) is 25.0 Å². The number of hydrogen-bond donors (Lipinski definition) is 2. The topological polar surface area (TPSA) is 32.3 Å². The average Bonchev–Trinajstić information content (AvgIpc) is 2.44. The molecule has 0 saturated heterocycles. The molecule has 20 heavy (non-hydrogen) atoms. The minimum atomic E-state index is 0.0584. The smallest absolute Gasteiger partial charge is 0.134 e. The first-order valence-corrected chi connectivity index (χ1v) is 7.52. The maximum Gasteiger partial charge on any atom is 0.134 e. The van der Waals surface area contributed by atoms with E-state index in [1.54, 1.807) is 0 Å². The molecule has 2 N–H and O–H groups in total. The largest absolute Gasteiger partial charge is 0.506 e. The fourth-order valence-corrected chi connectivity index (χ4v) is 2.61. The Morgan fingerprint density at radius 3 is 2.45 bits per heavy atom. The van der Waals surface area contributed by atoms with E-state index < -0.39 is 0 Å². The molecule has 2 aromatic rings. The van der Waals surface area contributed by atoms with E-state index in [4.69, 9.17) is 0 Å². The highest BCUT2D eigenvalue weighted by atomic mass is 79.9. The van der Waals surface area contributed by atoms with Gasteiger partial charge in [0.25, 0.3) is 0 Å². The van der Waals surface area contributed by atoms with Crippen LogP contribution in [0.3, 0.4) is 0 Å². The van der Waals surface area contributed by atoms with Crippen molar-refractivity contribution in [1.29, 1.82) is 0 Å². The highest BCUT2D eigenvalue weighted by Gasteiger charge is 2.19. The molecule has 3 heteroatoms. The molecule has 0 bridgehead atoms. The van der Waals surface area contributed by atoms with Crippen molar-refractivity contribution in [2.24, 2.45) is 0 Å². The Kier molecular flexibility index (Phi) is 4.84. The second-order valence-electron chi connectivity index (χ2n) is 5.60. The third-order valence-electron chi connectivity index (χ3n) is 3.51. The van der Waals surface area contributed by atoms with E-state index in [0.29, 0.717) is 12.3 Å². The summed E-state index contributed by atoms with van der Waals surface area (Å²) >= 11 is 3.34. The zero-order chi connectivity index (χ0) is 14.6. The van der Waals surface area contributed by atoms with Gasteiger partial charge in [-0.3, -0.25) is 0 Å². The Morgan fingerprint density at radius 2 is 1.75 bits per heavy atom. The zero-order valence-electron chi connectivity index (χ0n) is 11.9. The molecule has 2 nitrogen and oxygen atoms in total. The van der Waals surface area contributed by atoms with Gasteiger partial charge in [-0.05, 0) is 27.6 Å². The molecule has 0 aromatic heterocycles. The van der Waals surface area contributed by atoms with Gasteiger partial charge in [0.1, 0.15) is 5.75 Å². The number of phenols is 1. The first-order chi connectivity index (χ1) is 9.50. The summed E-state index contributed by atoms with van der Waals surface area (Å²) in [5.74, 6) is 0.317. The van der Waals surface area contributed by atoms with Gasteiger partial charge < -0.3 is 10.4 Å². The normalized spacial score (nSPS) is 11.6. The first kappa shape index (κ1) is 15.1. The molecule has 0 aliphatic rings. The van der Waals surface area contributed by atoms with Gasteiger partial charge in [-0.2, -0.15) is 0 Å². The van der Waals surface area contributed by atoms with Gasteiger partial charge in [-0.1, -0.05) is 56.3 Å². The SMILES string of the molecule is CC(C)(CNCc1cccc(Br)c1O)c1ccccc1. The van der Waals surface area contributed by atoms with Gasteiger partial charge in [0.05, 0.1) is 4.47 Å². The van der Waals surface area contributed by atoms with Crippen LogP contribution >= 0.6 is 15.9 Å². The number of halogens is 1. The van der Waals surface area contributed by atoms with Gasteiger partial charge in [0, 0.05) is 24.1 Å². The lowest BCUT2D eigenvalue weighted by atomic mass is 9.84. The molecule has 0 heterocycles. The predicted octanol–water partition coefficient (Wildman–Crippen LogP) is 4.22. The van der Waals surface area contributed by atoms with Crippen molar-refractivity contribution in [3.63, 3.8) is 0 Å². The molecular weight excluding hydrogens is 314 g/mol. The quantitative estimate of drug-likeness (QED) is 0.858. The van der Waals surface area contributed by atoms with Gasteiger partial charge in [0.15, 0.2) is 0 Å². The van der Waals surface area contributed by atoms with Crippen molar-refractivity contribution in [3.8, 4) is 5.75 Å². The molecule has 0 radical (unpaired) electrons. The average molecular weight is 334 g/mol. The third kappa shape index (κ3) is 3.62. The fraction of sp³-hybridized carbons (Fsp3) is 0.294. The Bertz CT molecular complexity index is 566. The summed E-state index contributed by atoms with van der Waals surface area (Å²) in [6.07, 6.45) is 0. The van der Waals surface area contributed by atoms with Crippen LogP contribution in [0, 0.1) is 0 Å². The van der Waals surface area contributed by atoms with E-state index in [2.05, 4.69) is 59.4 Å². The van der Waals surface area contributed by atoms with Gasteiger partial charge in [0.2, 0.25) is 0 Å². The summed E-state index contributed by atoms with van der Waals surface area (Å²) in [6.45, 7) is 5.94. The number of nitrogens with one attached hydrogen (secondary N) is 1. The Labute approximate surface area is 129 Å². The minimum absolute atomic E-state index is 0.0584. The summed E-state index contributed by atoms with van der Waals surface area (Å²) in [7, 11) is 0. The molecule has 0 unspecified atom stereocenters. The summed E-state index contributed by atoms with van der Waals surface area (Å²) in [5.41, 5.74) is 2.28. The highest BCUT2D eigenvalue weighted by Crippen LogP contribution is 2.27. The predicted molar refractivity (Wildman–Crippen MR) is 87.0 cm³/mol. The van der Waals surface area contributed by atoms with Crippen LogP contribution in [0.25, 0.3) is 0 Å². The number of phenolic OH excluding ortho intramolecular Hbond substituents is 1. The fourth-order valence-electron chi connectivity index (χ4n) is 2.20. The second-order valence-corrected chi connectivity index (χ2v) is 6.46. The highest BCUT2D eigenvalue weighted by molar-refractivity contribution is 9.10. The van der Waals surface area contributed by atoms with Crippen molar-refractivity contribution in [2.75, 3.05) is 6.54 Å². The maximum atomic E-state index is 9.96. The first-order valence-electron chi connectivity index (χ1n) is 6.73. The Hall–Kier alpha value is -1.32. The summed E-state index contributed by atoms with van der Waals surface area (Å²) in [4.78, 5) is 0. The van der Waals surface area contributed by atoms with E-state index in [1.807, 2.05) is 24.3 Å². The molecule has 0 aliphatic carbocycles. The van der Waals surface area contributed by atoms with Crippen molar-refractivity contribution in [3.05, 3.63) is 64.1 Å². The molecule has 2 aromatic carbocycles. The van der Waals surface area contributed by atoms with E-state index >= 15 is 0 Å². The number of rotatable bonds is 5. The second kappa shape index (κ2) is 6.42. The van der Waals surface area contributed by atoms with E-state index in [1.165, 1.54) is 5.56 Å². The molecule has 2 rings (SSSR count). The van der Waals surface area contributed by atoms with Crippen LogP contribution < -0.4 is 5.32 Å². The van der Waals surface area contributed by atoms with Crippen LogP contribution in [-0.4, -0.2) is 11.7 Å². The molecule has 0 spiro atoms. The zero-order valence-corrected chi connectivity index (χ0v) is 13.4. The minimum Gasteiger partial charge on any atom is -0.506 e. The molecule has 0 atom stereocenters. The van der Waals surface area contributed by atoms with E-state index in [9.17, 15) is 5.11 Å². The molecule has 0 amide bonds. The van der Waals surface area contributed by atoms with Gasteiger partial charge in [-0.15, -0.1) is 0 Å². The van der Waals surface area contributed by atoms with Crippen molar-refractivity contribution >= 4 is 15.9 Å². The molecule has 0 saturated carbocycles. The summed E-state index contributed by atoms with van der Waals surface area (Å²) in [5, 5.41) is 13.4. The van der Waals surface area contributed by atoms with Crippen LogP contribution in [0.4, 0.5) is 0 Å². The lowest BCUT2D eigenvalue weighted by Crippen LogP contribution is -2.32. The Morgan fingerprint density at radius 1 is 1.05 bits per heavy atom. The van der Waals surface area contributed by atoms with Crippen LogP contribution in [0.5, 0.6) is 5.75 Å². The van der Waals surface area contributed by atoms with Gasteiger partial charge >= 0.3 is 0 Å². The van der Waals surface area contributed by atoms with Crippen LogP contribution in [-0.2, 0) is 12.0 Å². The molecule has 106 valence electrons. The molecular formula is C17H20BrNO. The molecule has 0 fully saturated rings. The van der Waals surface area contributed by atoms with Crippen LogP contribution in [0.15, 0.2) is 53.0 Å². The number of benzene rings is 2. The lowest BCUT2D eigenvalue weighted by molar-refractivity contribution is 0.444. The van der Waals surface area contributed by atoms with E-state index in [0.717, 1.165) is 16.6 Å². The number of para-hydroxylation sites is 1. The lowest BCUT2D eigenvalue weighted by Gasteiger charge is -2.26. The van der Waals surface area contributed by atoms with E-state index in [-0.39, 0.29) is 5.41 Å². The third-order valence-corrected chi connectivity index (χ3v) is 4.15. The number of aromatic hydroxyl groups is 1.